The summed E-state index contributed by atoms with van der Waals surface area (Å²) >= 11 is 0. The molecule has 1 aromatic carbocycles. The lowest BCUT2D eigenvalue weighted by Gasteiger charge is -2.16. The lowest BCUT2D eigenvalue weighted by Crippen LogP contribution is -2.13. The molecule has 20 heavy (non-hydrogen) atoms. The highest BCUT2D eigenvalue weighted by molar-refractivity contribution is 6.24. The van der Waals surface area contributed by atoms with E-state index in [1.807, 2.05) is 0 Å². The summed E-state index contributed by atoms with van der Waals surface area (Å²) in [5.74, 6) is -0.766. The number of phenols is 2. The van der Waals surface area contributed by atoms with Crippen molar-refractivity contribution in [2.75, 3.05) is 0 Å². The van der Waals surface area contributed by atoms with Crippen LogP contribution in [0.5, 0.6) is 11.5 Å². The molecular weight excluding hydrogens is 256 g/mol. The van der Waals surface area contributed by atoms with Gasteiger partial charge in [0.15, 0.2) is 11.6 Å². The predicted octanol–water partition coefficient (Wildman–Crippen LogP) is 3.01. The summed E-state index contributed by atoms with van der Waals surface area (Å²) in [4.78, 5) is 23.5. The largest absolute Gasteiger partial charge is 0.507 e. The molecule has 0 saturated carbocycles. The van der Waals surface area contributed by atoms with E-state index >= 15 is 0 Å². The van der Waals surface area contributed by atoms with E-state index in [2.05, 4.69) is 13.8 Å². The van der Waals surface area contributed by atoms with Crippen LogP contribution in [0.4, 0.5) is 0 Å². The number of aryl methyl sites for hydroxylation is 1. The van der Waals surface area contributed by atoms with E-state index < -0.39 is 11.6 Å². The van der Waals surface area contributed by atoms with Crippen LogP contribution in [0.2, 0.25) is 0 Å². The number of carbonyl (C=O) groups is 2. The second-order valence-corrected chi connectivity index (χ2v) is 5.50. The fraction of sp³-hybridized carbons (Fsp3) is 0.375. The predicted molar refractivity (Wildman–Crippen MR) is 75.3 cm³/mol. The minimum Gasteiger partial charge on any atom is -0.507 e. The molecule has 4 nitrogen and oxygen atoms in total. The van der Waals surface area contributed by atoms with Crippen LogP contribution in [-0.4, -0.2) is 21.8 Å². The zero-order valence-electron chi connectivity index (χ0n) is 11.6. The van der Waals surface area contributed by atoms with Gasteiger partial charge in [0.05, 0.1) is 11.1 Å². The number of hydrogen-bond donors (Lipinski definition) is 2. The Kier molecular flexibility index (Phi) is 3.93. The van der Waals surface area contributed by atoms with Gasteiger partial charge in [-0.3, -0.25) is 9.59 Å². The van der Waals surface area contributed by atoms with Crippen LogP contribution in [0, 0.1) is 5.92 Å². The molecule has 0 spiro atoms. The van der Waals surface area contributed by atoms with Crippen molar-refractivity contribution in [2.45, 2.75) is 33.1 Å². The minimum absolute atomic E-state index is 0.0722. The van der Waals surface area contributed by atoms with Crippen molar-refractivity contribution in [1.82, 2.24) is 0 Å². The van der Waals surface area contributed by atoms with Crippen LogP contribution in [0.1, 0.15) is 53.0 Å². The van der Waals surface area contributed by atoms with Gasteiger partial charge < -0.3 is 10.2 Å². The average molecular weight is 274 g/mol. The monoisotopic (exact) mass is 274 g/mol. The van der Waals surface area contributed by atoms with Crippen LogP contribution in [-0.2, 0) is 6.42 Å². The van der Waals surface area contributed by atoms with Crippen LogP contribution in [0.15, 0.2) is 18.2 Å². The number of hydrogen-bond acceptors (Lipinski definition) is 4. The van der Waals surface area contributed by atoms with Crippen molar-refractivity contribution in [2.24, 2.45) is 5.92 Å². The first-order valence-corrected chi connectivity index (χ1v) is 6.76. The molecule has 0 fully saturated rings. The number of aromatic hydroxyl groups is 2. The van der Waals surface area contributed by atoms with Gasteiger partial charge in [-0.1, -0.05) is 20.3 Å². The fourth-order valence-corrected chi connectivity index (χ4v) is 2.41. The van der Waals surface area contributed by atoms with Crippen molar-refractivity contribution in [3.63, 3.8) is 0 Å². The highest BCUT2D eigenvalue weighted by atomic mass is 16.3. The number of benzene rings is 1. The van der Waals surface area contributed by atoms with Crippen LogP contribution >= 0.6 is 0 Å². The van der Waals surface area contributed by atoms with Crippen molar-refractivity contribution in [3.05, 3.63) is 34.9 Å². The molecule has 4 heteroatoms. The van der Waals surface area contributed by atoms with E-state index in [0.717, 1.165) is 25.0 Å². The molecule has 0 heterocycles. The summed E-state index contributed by atoms with van der Waals surface area (Å²) < 4.78 is 0. The van der Waals surface area contributed by atoms with Crippen LogP contribution < -0.4 is 0 Å². The van der Waals surface area contributed by atoms with Crippen molar-refractivity contribution >= 4 is 11.6 Å². The zero-order valence-corrected chi connectivity index (χ0v) is 11.6. The molecule has 0 atom stereocenters. The Labute approximate surface area is 117 Å². The highest BCUT2D eigenvalue weighted by Gasteiger charge is 2.28. The second-order valence-electron chi connectivity index (χ2n) is 5.50. The summed E-state index contributed by atoms with van der Waals surface area (Å²) in [6, 6.07) is 1.39. The summed E-state index contributed by atoms with van der Waals surface area (Å²) in [5.41, 5.74) is 0.345. The Morgan fingerprint density at radius 3 is 2.25 bits per heavy atom. The Hall–Kier alpha value is -2.10. The molecule has 0 amide bonds. The first-order chi connectivity index (χ1) is 9.41. The lowest BCUT2D eigenvalue weighted by atomic mass is 9.89. The molecule has 2 rings (SSSR count). The van der Waals surface area contributed by atoms with Gasteiger partial charge >= 0.3 is 0 Å². The molecule has 0 saturated heterocycles. The van der Waals surface area contributed by atoms with Crippen molar-refractivity contribution in [1.29, 1.82) is 0 Å². The molecule has 0 aliphatic heterocycles. The molecule has 1 aromatic rings. The van der Waals surface area contributed by atoms with Crippen molar-refractivity contribution < 1.29 is 19.8 Å². The normalized spacial score (nSPS) is 13.9. The van der Waals surface area contributed by atoms with Gasteiger partial charge in [0.1, 0.15) is 11.5 Å². The third-order valence-electron chi connectivity index (χ3n) is 3.46. The Bertz CT molecular complexity index is 597. The maximum atomic E-state index is 11.8. The third-order valence-corrected chi connectivity index (χ3v) is 3.46. The van der Waals surface area contributed by atoms with Gasteiger partial charge in [0.2, 0.25) is 0 Å². The second kappa shape index (κ2) is 5.49. The highest BCUT2D eigenvalue weighted by Crippen LogP contribution is 2.36. The number of rotatable bonds is 4. The Morgan fingerprint density at radius 2 is 1.65 bits per heavy atom. The molecule has 0 unspecified atom stereocenters. The minimum atomic E-state index is -0.457. The molecular formula is C16H18O4. The molecule has 0 aromatic heterocycles. The van der Waals surface area contributed by atoms with Gasteiger partial charge in [-0.25, -0.2) is 0 Å². The van der Waals surface area contributed by atoms with E-state index in [0.29, 0.717) is 17.9 Å². The molecule has 1 aliphatic carbocycles. The summed E-state index contributed by atoms with van der Waals surface area (Å²) in [5, 5.41) is 20.1. The smallest absolute Gasteiger partial charge is 0.190 e. The Morgan fingerprint density at radius 1 is 1.05 bits per heavy atom. The van der Waals surface area contributed by atoms with Crippen molar-refractivity contribution in [3.8, 4) is 11.5 Å². The number of ketones is 2. The van der Waals surface area contributed by atoms with E-state index in [-0.39, 0.29) is 22.6 Å². The maximum Gasteiger partial charge on any atom is 0.190 e. The summed E-state index contributed by atoms with van der Waals surface area (Å²) in [6.07, 6.45) is 4.64. The molecule has 0 bridgehead atoms. The Balaban J connectivity index is 2.39. The average Bonchev–Trinajstić information content (AvgIpc) is 2.37. The zero-order chi connectivity index (χ0) is 14.9. The maximum absolute atomic E-state index is 11.8. The first kappa shape index (κ1) is 14.3. The fourth-order valence-electron chi connectivity index (χ4n) is 2.41. The van der Waals surface area contributed by atoms with E-state index in [1.54, 1.807) is 0 Å². The molecule has 1 aliphatic rings. The van der Waals surface area contributed by atoms with E-state index in [1.165, 1.54) is 6.07 Å². The summed E-state index contributed by atoms with van der Waals surface area (Å²) in [7, 11) is 0. The summed E-state index contributed by atoms with van der Waals surface area (Å²) in [6.45, 7) is 4.22. The number of phenolic OH excluding ortho intramolecular Hbond substituents is 2. The SMILES string of the molecule is CC(C)CCCc1cc(O)c2c(c1O)C(=O)C=CC2=O. The number of fused-ring (bicyclic) bond motifs is 1. The van der Waals surface area contributed by atoms with Gasteiger partial charge in [-0.2, -0.15) is 0 Å². The van der Waals surface area contributed by atoms with E-state index in [9.17, 15) is 19.8 Å². The lowest BCUT2D eigenvalue weighted by molar-refractivity contribution is 0.0989. The molecule has 0 radical (unpaired) electrons. The van der Waals surface area contributed by atoms with Crippen LogP contribution in [0.3, 0.4) is 0 Å². The van der Waals surface area contributed by atoms with Gasteiger partial charge in [0.25, 0.3) is 0 Å². The van der Waals surface area contributed by atoms with Gasteiger partial charge in [0, 0.05) is 0 Å². The number of carbonyl (C=O) groups excluding carboxylic acids is 2. The van der Waals surface area contributed by atoms with Gasteiger partial charge in [-0.05, 0) is 42.5 Å². The van der Waals surface area contributed by atoms with Gasteiger partial charge in [-0.15, -0.1) is 0 Å². The number of allylic oxidation sites excluding steroid dienone is 2. The molecule has 106 valence electrons. The van der Waals surface area contributed by atoms with Crippen LogP contribution in [0.25, 0.3) is 0 Å². The first-order valence-electron chi connectivity index (χ1n) is 6.76. The van der Waals surface area contributed by atoms with E-state index in [4.69, 9.17) is 0 Å². The topological polar surface area (TPSA) is 74.6 Å². The standard InChI is InChI=1S/C16H18O4/c1-9(2)4-3-5-10-8-13(19)14-11(17)6-7-12(18)15(14)16(10)20/h6-9,19-20H,3-5H2,1-2H3. The molecule has 2 N–H and O–H groups in total. The third kappa shape index (κ3) is 2.59. The quantitative estimate of drug-likeness (QED) is 0.828.